The van der Waals surface area contributed by atoms with Crippen molar-refractivity contribution in [2.45, 2.75) is 18.3 Å². The lowest BCUT2D eigenvalue weighted by Crippen LogP contribution is -2.34. The van der Waals surface area contributed by atoms with Gasteiger partial charge in [-0.2, -0.15) is 0 Å². The van der Waals surface area contributed by atoms with Crippen molar-refractivity contribution >= 4 is 15.9 Å². The summed E-state index contributed by atoms with van der Waals surface area (Å²) in [6.45, 7) is 0.960. The second kappa shape index (κ2) is 8.62. The molecule has 2 atom stereocenters. The predicted octanol–water partition coefficient (Wildman–Crippen LogP) is 0.817. The average molecular weight is 388 g/mol. The van der Waals surface area contributed by atoms with Crippen LogP contribution in [0.15, 0.2) is 54.6 Å². The fourth-order valence-electron chi connectivity index (χ4n) is 3.08. The molecule has 4 N–H and O–H groups in total. The Balaban J connectivity index is 1.57. The monoisotopic (exact) mass is 388 g/mol. The number of hydrogen-bond donors (Lipinski definition) is 4. The highest BCUT2D eigenvalue weighted by atomic mass is 32.2. The molecule has 2 aromatic carbocycles. The molecule has 0 bridgehead atoms. The van der Waals surface area contributed by atoms with E-state index >= 15 is 0 Å². The van der Waals surface area contributed by atoms with Crippen LogP contribution < -0.4 is 20.9 Å². The van der Waals surface area contributed by atoms with E-state index in [4.69, 9.17) is 0 Å². The zero-order valence-corrected chi connectivity index (χ0v) is 15.9. The Morgan fingerprint density at radius 3 is 2.41 bits per heavy atom. The first kappa shape index (κ1) is 19.5. The lowest BCUT2D eigenvalue weighted by molar-refractivity contribution is -0.125. The van der Waals surface area contributed by atoms with Gasteiger partial charge in [-0.15, -0.1) is 0 Å². The van der Waals surface area contributed by atoms with Crippen LogP contribution in [0.3, 0.4) is 0 Å². The second-order valence-electron chi connectivity index (χ2n) is 6.52. The van der Waals surface area contributed by atoms with Crippen molar-refractivity contribution in [3.05, 3.63) is 71.3 Å². The Labute approximate surface area is 159 Å². The summed E-state index contributed by atoms with van der Waals surface area (Å²) in [6, 6.07) is 17.0. The number of nitrogens with one attached hydrogen (secondary N) is 4. The largest absolute Gasteiger partial charge is 0.352 e. The number of sulfonamides is 1. The molecule has 1 amide bonds. The van der Waals surface area contributed by atoms with E-state index in [9.17, 15) is 13.2 Å². The van der Waals surface area contributed by atoms with Gasteiger partial charge in [0.15, 0.2) is 0 Å². The molecule has 0 spiro atoms. The summed E-state index contributed by atoms with van der Waals surface area (Å²) < 4.78 is 25.5. The number of carbonyl (C=O) groups is 1. The third-order valence-electron chi connectivity index (χ3n) is 4.63. The molecule has 3 rings (SSSR count). The van der Waals surface area contributed by atoms with E-state index < -0.39 is 10.0 Å². The molecule has 2 aromatic rings. The maximum atomic E-state index is 12.6. The minimum Gasteiger partial charge on any atom is -0.352 e. The number of amides is 1. The van der Waals surface area contributed by atoms with Gasteiger partial charge in [-0.3, -0.25) is 10.2 Å². The van der Waals surface area contributed by atoms with Crippen LogP contribution in [-0.2, 0) is 27.1 Å². The van der Waals surface area contributed by atoms with Crippen LogP contribution in [0.25, 0.3) is 0 Å². The van der Waals surface area contributed by atoms with Gasteiger partial charge in [-0.25, -0.2) is 18.6 Å². The third-order valence-corrected chi connectivity index (χ3v) is 5.97. The zero-order chi connectivity index (χ0) is 19.3. The highest BCUT2D eigenvalue weighted by Gasteiger charge is 2.33. The molecule has 0 radical (unpaired) electrons. The van der Waals surface area contributed by atoms with Crippen LogP contribution in [0.4, 0.5) is 0 Å². The standard InChI is InChI=1S/C19H24N4O3S/c1-20-27(25,26)13-15-9-7-14(8-10-15)11-21-19(24)17-12-22-23-18(17)16-5-3-2-4-6-16/h2-10,17-18,20,22-23H,11-13H2,1H3,(H,21,24). The Bertz CT molecular complexity index is 870. The SMILES string of the molecule is CNS(=O)(=O)Cc1ccc(CNC(=O)C2CNNC2c2ccccc2)cc1. The predicted molar refractivity (Wildman–Crippen MR) is 104 cm³/mol. The van der Waals surface area contributed by atoms with Crippen LogP contribution >= 0.6 is 0 Å². The Morgan fingerprint density at radius 1 is 1.07 bits per heavy atom. The van der Waals surface area contributed by atoms with Gasteiger partial charge in [0.1, 0.15) is 0 Å². The van der Waals surface area contributed by atoms with Gasteiger partial charge < -0.3 is 5.32 Å². The normalized spacial score (nSPS) is 19.7. The number of hydrazine groups is 1. The number of rotatable bonds is 7. The van der Waals surface area contributed by atoms with Crippen LogP contribution in [0, 0.1) is 5.92 Å². The van der Waals surface area contributed by atoms with Gasteiger partial charge in [0.05, 0.1) is 17.7 Å². The van der Waals surface area contributed by atoms with Crippen molar-refractivity contribution < 1.29 is 13.2 Å². The molecule has 0 saturated carbocycles. The molecule has 2 unspecified atom stereocenters. The molecule has 1 heterocycles. The molecule has 144 valence electrons. The van der Waals surface area contributed by atoms with Crippen LogP contribution in [0.5, 0.6) is 0 Å². The van der Waals surface area contributed by atoms with Gasteiger partial charge in [-0.1, -0.05) is 54.6 Å². The van der Waals surface area contributed by atoms with Gasteiger partial charge in [0.25, 0.3) is 0 Å². The van der Waals surface area contributed by atoms with Gasteiger partial charge in [-0.05, 0) is 23.7 Å². The van der Waals surface area contributed by atoms with E-state index in [1.807, 2.05) is 42.5 Å². The fourth-order valence-corrected chi connectivity index (χ4v) is 3.86. The van der Waals surface area contributed by atoms with Crippen LogP contribution in [-0.4, -0.2) is 27.9 Å². The van der Waals surface area contributed by atoms with E-state index in [0.29, 0.717) is 18.7 Å². The Morgan fingerprint density at radius 2 is 1.74 bits per heavy atom. The maximum absolute atomic E-state index is 12.6. The minimum atomic E-state index is -3.29. The van der Waals surface area contributed by atoms with Gasteiger partial charge in [0, 0.05) is 13.1 Å². The highest BCUT2D eigenvalue weighted by molar-refractivity contribution is 7.88. The summed E-state index contributed by atoms with van der Waals surface area (Å²) in [5.41, 5.74) is 8.91. The van der Waals surface area contributed by atoms with Crippen LogP contribution in [0.1, 0.15) is 22.7 Å². The number of carbonyl (C=O) groups excluding carboxylic acids is 1. The van der Waals surface area contributed by atoms with Crippen molar-refractivity contribution in [2.24, 2.45) is 5.92 Å². The summed E-state index contributed by atoms with van der Waals surface area (Å²) in [4.78, 5) is 12.6. The first-order chi connectivity index (χ1) is 13.0. The topological polar surface area (TPSA) is 99.3 Å². The molecule has 0 aromatic heterocycles. The molecule has 27 heavy (non-hydrogen) atoms. The first-order valence-electron chi connectivity index (χ1n) is 8.78. The van der Waals surface area contributed by atoms with Crippen molar-refractivity contribution in [1.29, 1.82) is 0 Å². The molecule has 7 nitrogen and oxygen atoms in total. The molecule has 1 aliphatic heterocycles. The number of hydrogen-bond acceptors (Lipinski definition) is 5. The van der Waals surface area contributed by atoms with E-state index in [-0.39, 0.29) is 23.6 Å². The smallest absolute Gasteiger partial charge is 0.226 e. The average Bonchev–Trinajstić information content (AvgIpc) is 3.18. The van der Waals surface area contributed by atoms with Crippen molar-refractivity contribution in [3.8, 4) is 0 Å². The minimum absolute atomic E-state index is 0.0248. The Hall–Kier alpha value is -2.26. The quantitative estimate of drug-likeness (QED) is 0.563. The van der Waals surface area contributed by atoms with Gasteiger partial charge >= 0.3 is 0 Å². The molecule has 1 saturated heterocycles. The summed E-state index contributed by atoms with van der Waals surface area (Å²) in [5.74, 6) is -0.287. The molecular weight excluding hydrogens is 364 g/mol. The third kappa shape index (κ3) is 5.14. The summed E-state index contributed by atoms with van der Waals surface area (Å²) in [7, 11) is -1.89. The van der Waals surface area contributed by atoms with Gasteiger partial charge in [0.2, 0.25) is 15.9 Å². The summed E-state index contributed by atoms with van der Waals surface area (Å²) >= 11 is 0. The van der Waals surface area contributed by atoms with Crippen molar-refractivity contribution in [3.63, 3.8) is 0 Å². The molecule has 8 heteroatoms. The maximum Gasteiger partial charge on any atom is 0.226 e. The fraction of sp³-hybridized carbons (Fsp3) is 0.316. The molecular formula is C19H24N4O3S. The molecule has 1 aliphatic rings. The Kier molecular flexibility index (Phi) is 6.22. The van der Waals surface area contributed by atoms with E-state index in [1.54, 1.807) is 12.1 Å². The zero-order valence-electron chi connectivity index (χ0n) is 15.1. The lowest BCUT2D eigenvalue weighted by Gasteiger charge is -2.18. The van der Waals surface area contributed by atoms with E-state index in [2.05, 4.69) is 20.9 Å². The van der Waals surface area contributed by atoms with Crippen LogP contribution in [0.2, 0.25) is 0 Å². The molecule has 1 fully saturated rings. The van der Waals surface area contributed by atoms with Crippen molar-refractivity contribution in [1.82, 2.24) is 20.9 Å². The summed E-state index contributed by atoms with van der Waals surface area (Å²) in [6.07, 6.45) is 0. The second-order valence-corrected chi connectivity index (χ2v) is 8.44. The van der Waals surface area contributed by atoms with E-state index in [0.717, 1.165) is 11.1 Å². The lowest BCUT2D eigenvalue weighted by atomic mass is 9.94. The van der Waals surface area contributed by atoms with E-state index in [1.165, 1.54) is 7.05 Å². The van der Waals surface area contributed by atoms with Crippen molar-refractivity contribution in [2.75, 3.05) is 13.6 Å². The highest BCUT2D eigenvalue weighted by Crippen LogP contribution is 2.24. The molecule has 0 aliphatic carbocycles. The number of benzene rings is 2. The summed E-state index contributed by atoms with van der Waals surface area (Å²) in [5, 5.41) is 2.97. The first-order valence-corrected chi connectivity index (χ1v) is 10.4.